The van der Waals surface area contributed by atoms with Gasteiger partial charge in [0.1, 0.15) is 17.1 Å². The van der Waals surface area contributed by atoms with Gasteiger partial charge in [0.2, 0.25) is 0 Å². The molecular formula is C20H24F2N8O. The van der Waals surface area contributed by atoms with Crippen LogP contribution in [-0.2, 0) is 0 Å². The van der Waals surface area contributed by atoms with Crippen LogP contribution in [-0.4, -0.2) is 68.3 Å². The number of anilines is 2. The molecule has 0 radical (unpaired) electrons. The Hall–Kier alpha value is -3.08. The van der Waals surface area contributed by atoms with E-state index in [0.29, 0.717) is 5.65 Å². The number of piperidine rings is 1. The summed E-state index contributed by atoms with van der Waals surface area (Å²) in [6.45, 7) is 5.47. The number of carbonyl (C=O) groups excluding carboxylic acids is 1. The summed E-state index contributed by atoms with van der Waals surface area (Å²) in [5.74, 6) is 0.952. The second kappa shape index (κ2) is 8.22. The minimum atomic E-state index is -2.77. The molecule has 3 aromatic rings. The molecule has 2 fully saturated rings. The van der Waals surface area contributed by atoms with Crippen molar-refractivity contribution in [1.29, 1.82) is 0 Å². The summed E-state index contributed by atoms with van der Waals surface area (Å²) in [5, 5.41) is 12.4. The predicted octanol–water partition coefficient (Wildman–Crippen LogP) is 2.56. The lowest BCUT2D eigenvalue weighted by atomic mass is 9.95. The highest BCUT2D eigenvalue weighted by molar-refractivity contribution is 6.08. The zero-order chi connectivity index (χ0) is 21.4. The predicted molar refractivity (Wildman–Crippen MR) is 110 cm³/mol. The first-order chi connectivity index (χ1) is 15.1. The van der Waals surface area contributed by atoms with Crippen LogP contribution in [0.15, 0.2) is 24.7 Å². The number of carbonyl (C=O) groups is 1. The molecule has 0 unspecified atom stereocenters. The normalized spacial score (nSPS) is 18.0. The molecular weight excluding hydrogens is 406 g/mol. The molecule has 2 aliphatic rings. The van der Waals surface area contributed by atoms with Crippen molar-refractivity contribution in [2.24, 2.45) is 5.92 Å². The lowest BCUT2D eigenvalue weighted by molar-refractivity contribution is 0.102. The van der Waals surface area contributed by atoms with E-state index in [1.165, 1.54) is 36.8 Å². The van der Waals surface area contributed by atoms with E-state index in [1.54, 1.807) is 6.20 Å². The first kappa shape index (κ1) is 19.9. The van der Waals surface area contributed by atoms with Gasteiger partial charge >= 0.3 is 0 Å². The number of alkyl halides is 2. The molecule has 164 valence electrons. The summed E-state index contributed by atoms with van der Waals surface area (Å²) in [6.07, 6.45) is 5.10. The van der Waals surface area contributed by atoms with Gasteiger partial charge in [-0.2, -0.15) is 10.2 Å². The van der Waals surface area contributed by atoms with Crippen molar-refractivity contribution in [3.8, 4) is 0 Å². The van der Waals surface area contributed by atoms with E-state index in [4.69, 9.17) is 0 Å². The van der Waals surface area contributed by atoms with E-state index in [2.05, 4.69) is 35.4 Å². The van der Waals surface area contributed by atoms with Gasteiger partial charge in [-0.1, -0.05) is 0 Å². The van der Waals surface area contributed by atoms with Gasteiger partial charge in [0.25, 0.3) is 12.3 Å². The van der Waals surface area contributed by atoms with Crippen LogP contribution >= 0.6 is 0 Å². The Balaban J connectivity index is 1.30. The average molecular weight is 430 g/mol. The SMILES string of the molecule is O=C(Nc1cn[nH]c1C(F)F)c1cnn2ccc(N3CCC(CN4CCC4)CC3)nc12. The van der Waals surface area contributed by atoms with E-state index in [1.807, 2.05) is 6.07 Å². The molecule has 11 heteroatoms. The van der Waals surface area contributed by atoms with Crippen molar-refractivity contribution in [3.05, 3.63) is 35.9 Å². The van der Waals surface area contributed by atoms with Crippen LogP contribution in [0.3, 0.4) is 0 Å². The van der Waals surface area contributed by atoms with Crippen molar-refractivity contribution < 1.29 is 13.6 Å². The number of amides is 1. The topological polar surface area (TPSA) is 94.4 Å². The van der Waals surface area contributed by atoms with E-state index >= 15 is 0 Å². The Bertz CT molecular complexity index is 1070. The van der Waals surface area contributed by atoms with Crippen molar-refractivity contribution in [2.45, 2.75) is 25.7 Å². The summed E-state index contributed by atoms with van der Waals surface area (Å²) in [6, 6.07) is 1.89. The highest BCUT2D eigenvalue weighted by Gasteiger charge is 2.25. The maximum Gasteiger partial charge on any atom is 0.281 e. The summed E-state index contributed by atoms with van der Waals surface area (Å²) in [7, 11) is 0. The Kier molecular flexibility index (Phi) is 5.26. The largest absolute Gasteiger partial charge is 0.356 e. The zero-order valence-corrected chi connectivity index (χ0v) is 17.0. The fourth-order valence-electron chi connectivity index (χ4n) is 4.22. The number of likely N-dealkylation sites (tertiary alicyclic amines) is 1. The number of hydrogen-bond acceptors (Lipinski definition) is 6. The van der Waals surface area contributed by atoms with Crippen LogP contribution in [0.1, 0.15) is 41.7 Å². The number of hydrogen-bond donors (Lipinski definition) is 2. The van der Waals surface area contributed by atoms with Gasteiger partial charge in [0.15, 0.2) is 5.65 Å². The molecule has 5 rings (SSSR count). The van der Waals surface area contributed by atoms with Gasteiger partial charge < -0.3 is 15.1 Å². The number of nitrogens with zero attached hydrogens (tertiary/aromatic N) is 6. The molecule has 31 heavy (non-hydrogen) atoms. The van der Waals surface area contributed by atoms with E-state index in [-0.39, 0.29) is 11.3 Å². The number of aromatic nitrogens is 5. The van der Waals surface area contributed by atoms with Crippen molar-refractivity contribution in [3.63, 3.8) is 0 Å². The summed E-state index contributed by atoms with van der Waals surface area (Å²) in [4.78, 5) is 22.1. The third-order valence-electron chi connectivity index (χ3n) is 6.14. The maximum absolute atomic E-state index is 13.0. The quantitative estimate of drug-likeness (QED) is 0.624. The molecule has 0 aliphatic carbocycles. The Morgan fingerprint density at radius 3 is 2.74 bits per heavy atom. The fraction of sp³-hybridized carbons (Fsp3) is 0.500. The lowest BCUT2D eigenvalue weighted by Gasteiger charge is -2.38. The van der Waals surface area contributed by atoms with Gasteiger partial charge in [-0.25, -0.2) is 18.3 Å². The molecule has 3 aromatic heterocycles. The molecule has 9 nitrogen and oxygen atoms in total. The molecule has 0 aromatic carbocycles. The summed E-state index contributed by atoms with van der Waals surface area (Å²) in [5.41, 5.74) is 0.120. The van der Waals surface area contributed by atoms with Gasteiger partial charge in [0.05, 0.1) is 18.1 Å². The highest BCUT2D eigenvalue weighted by Crippen LogP contribution is 2.26. The monoisotopic (exact) mass is 430 g/mol. The van der Waals surface area contributed by atoms with Gasteiger partial charge in [-0.15, -0.1) is 0 Å². The Labute approximate surface area is 177 Å². The van der Waals surface area contributed by atoms with E-state index < -0.39 is 18.0 Å². The molecule has 2 aliphatic heterocycles. The third kappa shape index (κ3) is 3.97. The Morgan fingerprint density at radius 1 is 1.23 bits per heavy atom. The first-order valence-electron chi connectivity index (χ1n) is 10.5. The highest BCUT2D eigenvalue weighted by atomic mass is 19.3. The summed E-state index contributed by atoms with van der Waals surface area (Å²) < 4.78 is 27.6. The molecule has 2 saturated heterocycles. The van der Waals surface area contributed by atoms with Crippen molar-refractivity contribution >= 4 is 23.1 Å². The second-order valence-electron chi connectivity index (χ2n) is 8.15. The first-order valence-corrected chi connectivity index (χ1v) is 10.5. The second-order valence-corrected chi connectivity index (χ2v) is 8.15. The number of H-pyrrole nitrogens is 1. The smallest absolute Gasteiger partial charge is 0.281 e. The zero-order valence-electron chi connectivity index (χ0n) is 17.0. The Morgan fingerprint density at radius 2 is 2.03 bits per heavy atom. The third-order valence-corrected chi connectivity index (χ3v) is 6.14. The number of rotatable bonds is 6. The maximum atomic E-state index is 13.0. The molecule has 0 atom stereocenters. The molecule has 5 heterocycles. The standard InChI is InChI=1S/C20H24F2N8O/c21-18(22)17-15(11-23-27-17)25-20(31)14-10-24-30-9-4-16(26-19(14)30)29-7-2-13(3-8-29)12-28-5-1-6-28/h4,9-11,13,18H,1-3,5-8,12H2,(H,23,27)(H,25,31). The van der Waals surface area contributed by atoms with Crippen LogP contribution in [0.2, 0.25) is 0 Å². The molecule has 0 bridgehead atoms. The number of fused-ring (bicyclic) bond motifs is 1. The molecule has 0 spiro atoms. The molecule has 0 saturated carbocycles. The van der Waals surface area contributed by atoms with Crippen LogP contribution in [0.4, 0.5) is 20.3 Å². The minimum absolute atomic E-state index is 0.0558. The average Bonchev–Trinajstić information content (AvgIpc) is 3.37. The summed E-state index contributed by atoms with van der Waals surface area (Å²) >= 11 is 0. The fourth-order valence-corrected chi connectivity index (χ4v) is 4.22. The minimum Gasteiger partial charge on any atom is -0.356 e. The van der Waals surface area contributed by atoms with Gasteiger partial charge in [0, 0.05) is 25.8 Å². The van der Waals surface area contributed by atoms with Crippen LogP contribution in [0.5, 0.6) is 0 Å². The van der Waals surface area contributed by atoms with E-state index in [9.17, 15) is 13.6 Å². The van der Waals surface area contributed by atoms with Gasteiger partial charge in [-0.05, 0) is 44.3 Å². The van der Waals surface area contributed by atoms with Crippen molar-refractivity contribution in [2.75, 3.05) is 42.9 Å². The lowest BCUT2D eigenvalue weighted by Crippen LogP contribution is -2.44. The van der Waals surface area contributed by atoms with Gasteiger partial charge in [-0.3, -0.25) is 9.89 Å². The van der Waals surface area contributed by atoms with Crippen LogP contribution < -0.4 is 10.2 Å². The van der Waals surface area contributed by atoms with Crippen molar-refractivity contribution in [1.82, 2.24) is 29.7 Å². The van der Waals surface area contributed by atoms with Crippen LogP contribution in [0, 0.1) is 5.92 Å². The number of halogens is 2. The molecule has 1 amide bonds. The number of nitrogens with one attached hydrogen (secondary N) is 2. The number of aromatic amines is 1. The molecule has 2 N–H and O–H groups in total. The van der Waals surface area contributed by atoms with Crippen LogP contribution in [0.25, 0.3) is 5.65 Å². The van der Waals surface area contributed by atoms with E-state index in [0.717, 1.165) is 43.9 Å².